The first-order valence-corrected chi connectivity index (χ1v) is 8.05. The second-order valence-corrected chi connectivity index (χ2v) is 6.01. The molecule has 0 saturated carbocycles. The van der Waals surface area contributed by atoms with Crippen LogP contribution in [0, 0.1) is 0 Å². The van der Waals surface area contributed by atoms with Gasteiger partial charge in [0.1, 0.15) is 5.69 Å². The molecule has 0 unspecified atom stereocenters. The molecule has 1 fully saturated rings. The number of carbonyl (C=O) groups excluding carboxylic acids is 1. The summed E-state index contributed by atoms with van der Waals surface area (Å²) in [6.45, 7) is 1.47. The maximum atomic E-state index is 12.8. The maximum Gasteiger partial charge on any atom is 0.271 e. The Morgan fingerprint density at radius 1 is 1.25 bits per heavy atom. The number of nitrogens with one attached hydrogen (secondary N) is 2. The van der Waals surface area contributed by atoms with Gasteiger partial charge in [-0.05, 0) is 37.1 Å². The van der Waals surface area contributed by atoms with Crippen LogP contribution in [0.15, 0.2) is 42.9 Å². The molecule has 0 spiro atoms. The van der Waals surface area contributed by atoms with Gasteiger partial charge in [-0.2, -0.15) is 10.2 Å². The van der Waals surface area contributed by atoms with Gasteiger partial charge in [0.15, 0.2) is 0 Å². The fourth-order valence-electron chi connectivity index (χ4n) is 3.17. The van der Waals surface area contributed by atoms with Gasteiger partial charge in [0, 0.05) is 48.9 Å². The van der Waals surface area contributed by atoms with Crippen LogP contribution in [0.4, 0.5) is 0 Å². The third-order valence-corrected chi connectivity index (χ3v) is 4.44. The van der Waals surface area contributed by atoms with Gasteiger partial charge in [-0.15, -0.1) is 0 Å². The lowest BCUT2D eigenvalue weighted by molar-refractivity contribution is 0.0700. The van der Waals surface area contributed by atoms with Gasteiger partial charge in [0.2, 0.25) is 0 Å². The normalized spacial score (nSPS) is 17.8. The summed E-state index contributed by atoms with van der Waals surface area (Å²) in [4.78, 5) is 18.7. The summed E-state index contributed by atoms with van der Waals surface area (Å²) >= 11 is 0. The number of H-pyrrole nitrogens is 2. The highest BCUT2D eigenvalue weighted by Gasteiger charge is 2.27. The zero-order valence-corrected chi connectivity index (χ0v) is 13.1. The largest absolute Gasteiger partial charge is 0.337 e. The van der Waals surface area contributed by atoms with E-state index in [1.54, 1.807) is 24.7 Å². The number of nitrogens with zero attached hydrogens (tertiary/aromatic N) is 4. The van der Waals surface area contributed by atoms with E-state index >= 15 is 0 Å². The number of amides is 1. The Bertz CT molecular complexity index is 811. The van der Waals surface area contributed by atoms with Crippen molar-refractivity contribution in [3.8, 4) is 11.3 Å². The number of aromatic amines is 2. The first kappa shape index (κ1) is 14.6. The summed E-state index contributed by atoms with van der Waals surface area (Å²) in [5, 5.41) is 14.1. The number of piperidine rings is 1. The van der Waals surface area contributed by atoms with Crippen LogP contribution in [-0.4, -0.2) is 49.3 Å². The number of aromatic nitrogens is 5. The molecule has 4 heterocycles. The van der Waals surface area contributed by atoms with E-state index in [4.69, 9.17) is 0 Å². The molecule has 1 atom stereocenters. The lowest BCUT2D eigenvalue weighted by Gasteiger charge is -2.31. The zero-order valence-electron chi connectivity index (χ0n) is 13.1. The number of hydrogen-bond acceptors (Lipinski definition) is 4. The minimum atomic E-state index is -0.0122. The number of likely N-dealkylation sites (tertiary alicyclic amines) is 1. The second-order valence-electron chi connectivity index (χ2n) is 6.01. The van der Waals surface area contributed by atoms with Crippen molar-refractivity contribution in [1.82, 2.24) is 30.3 Å². The minimum absolute atomic E-state index is 0.0122. The molecular formula is C17H18N6O. The van der Waals surface area contributed by atoms with E-state index in [-0.39, 0.29) is 5.91 Å². The molecule has 0 aromatic carbocycles. The van der Waals surface area contributed by atoms with E-state index in [0.29, 0.717) is 18.2 Å². The van der Waals surface area contributed by atoms with Crippen LogP contribution in [-0.2, 0) is 0 Å². The highest BCUT2D eigenvalue weighted by molar-refractivity contribution is 5.93. The van der Waals surface area contributed by atoms with Crippen molar-refractivity contribution < 1.29 is 4.79 Å². The second kappa shape index (κ2) is 6.27. The Hall–Kier alpha value is -2.96. The third kappa shape index (κ3) is 2.80. The summed E-state index contributed by atoms with van der Waals surface area (Å²) in [7, 11) is 0. The highest BCUT2D eigenvalue weighted by atomic mass is 16.2. The average molecular weight is 322 g/mol. The third-order valence-electron chi connectivity index (χ3n) is 4.44. The molecule has 4 rings (SSSR count). The molecule has 7 heteroatoms. The summed E-state index contributed by atoms with van der Waals surface area (Å²) in [6.07, 6.45) is 7.26. The van der Waals surface area contributed by atoms with Gasteiger partial charge in [0.05, 0.1) is 5.69 Å². The average Bonchev–Trinajstić information content (AvgIpc) is 3.34. The molecule has 1 aliphatic rings. The monoisotopic (exact) mass is 322 g/mol. The maximum absolute atomic E-state index is 12.8. The molecule has 1 saturated heterocycles. The molecule has 122 valence electrons. The summed E-state index contributed by atoms with van der Waals surface area (Å²) in [5.41, 5.74) is 3.22. The van der Waals surface area contributed by atoms with Gasteiger partial charge in [-0.25, -0.2) is 0 Å². The van der Waals surface area contributed by atoms with E-state index in [9.17, 15) is 4.79 Å². The number of carbonyl (C=O) groups is 1. The summed E-state index contributed by atoms with van der Waals surface area (Å²) in [6, 6.07) is 7.55. The highest BCUT2D eigenvalue weighted by Crippen LogP contribution is 2.26. The molecule has 1 aliphatic heterocycles. The van der Waals surface area contributed by atoms with Crippen LogP contribution in [0.2, 0.25) is 0 Å². The predicted molar refractivity (Wildman–Crippen MR) is 88.3 cm³/mol. The van der Waals surface area contributed by atoms with Crippen molar-refractivity contribution in [1.29, 1.82) is 0 Å². The molecule has 3 aromatic rings. The van der Waals surface area contributed by atoms with Crippen LogP contribution >= 0.6 is 0 Å². The Labute approximate surface area is 139 Å². The lowest BCUT2D eigenvalue weighted by Crippen LogP contribution is -2.39. The van der Waals surface area contributed by atoms with E-state index in [2.05, 4.69) is 25.4 Å². The van der Waals surface area contributed by atoms with E-state index in [0.717, 1.165) is 36.3 Å². The van der Waals surface area contributed by atoms with E-state index in [1.807, 2.05) is 23.1 Å². The predicted octanol–water partition coefficient (Wildman–Crippen LogP) is 2.21. The molecule has 2 N–H and O–H groups in total. The Morgan fingerprint density at radius 3 is 3.00 bits per heavy atom. The first-order chi connectivity index (χ1) is 11.8. The van der Waals surface area contributed by atoms with Gasteiger partial charge in [0.25, 0.3) is 5.91 Å². The molecular weight excluding hydrogens is 304 g/mol. The van der Waals surface area contributed by atoms with Crippen molar-refractivity contribution in [2.75, 3.05) is 13.1 Å². The quantitative estimate of drug-likeness (QED) is 0.773. The smallest absolute Gasteiger partial charge is 0.271 e. The summed E-state index contributed by atoms with van der Waals surface area (Å²) < 4.78 is 0. The molecule has 0 bridgehead atoms. The van der Waals surface area contributed by atoms with Gasteiger partial charge >= 0.3 is 0 Å². The summed E-state index contributed by atoms with van der Waals surface area (Å²) in [5.74, 6) is 0.299. The fraction of sp³-hybridized carbons (Fsp3) is 0.294. The van der Waals surface area contributed by atoms with Crippen LogP contribution in [0.25, 0.3) is 11.3 Å². The lowest BCUT2D eigenvalue weighted by atomic mass is 9.95. The van der Waals surface area contributed by atoms with Crippen molar-refractivity contribution in [2.45, 2.75) is 18.8 Å². The number of pyridine rings is 1. The van der Waals surface area contributed by atoms with Crippen LogP contribution < -0.4 is 0 Å². The van der Waals surface area contributed by atoms with Gasteiger partial charge < -0.3 is 4.90 Å². The van der Waals surface area contributed by atoms with Crippen molar-refractivity contribution in [3.63, 3.8) is 0 Å². The fourth-order valence-corrected chi connectivity index (χ4v) is 3.17. The standard InChI is InChI=1S/C17H18N6O/c24-17(16-9-15(21-22-16)12-3-1-6-18-10-12)23-8-2-4-13(11-23)14-5-7-19-20-14/h1,3,5-7,9-10,13H,2,4,8,11H2,(H,19,20)(H,21,22)/t13-/m0/s1. The zero-order chi connectivity index (χ0) is 16.4. The van der Waals surface area contributed by atoms with Crippen LogP contribution in [0.5, 0.6) is 0 Å². The van der Waals surface area contributed by atoms with Crippen molar-refractivity contribution >= 4 is 5.91 Å². The molecule has 24 heavy (non-hydrogen) atoms. The topological polar surface area (TPSA) is 90.6 Å². The molecule has 0 aliphatic carbocycles. The molecule has 7 nitrogen and oxygen atoms in total. The molecule has 0 radical (unpaired) electrons. The van der Waals surface area contributed by atoms with E-state index in [1.165, 1.54) is 0 Å². The van der Waals surface area contributed by atoms with Gasteiger partial charge in [-0.1, -0.05) is 0 Å². The minimum Gasteiger partial charge on any atom is -0.337 e. The first-order valence-electron chi connectivity index (χ1n) is 8.05. The Kier molecular flexibility index (Phi) is 3.82. The van der Waals surface area contributed by atoms with Crippen molar-refractivity contribution in [2.24, 2.45) is 0 Å². The SMILES string of the molecule is O=C(c1cc(-c2cccnc2)n[nH]1)N1CCC[C@H](c2ccn[nH]2)C1. The molecule has 1 amide bonds. The molecule has 3 aromatic heterocycles. The van der Waals surface area contributed by atoms with E-state index < -0.39 is 0 Å². The Morgan fingerprint density at radius 2 is 2.21 bits per heavy atom. The number of hydrogen-bond donors (Lipinski definition) is 2. The van der Waals surface area contributed by atoms with Crippen LogP contribution in [0.3, 0.4) is 0 Å². The number of rotatable bonds is 3. The van der Waals surface area contributed by atoms with Crippen molar-refractivity contribution in [3.05, 3.63) is 54.2 Å². The van der Waals surface area contributed by atoms with Gasteiger partial charge in [-0.3, -0.25) is 20.0 Å². The Balaban J connectivity index is 1.50. The van der Waals surface area contributed by atoms with Crippen LogP contribution in [0.1, 0.15) is 34.9 Å².